The predicted octanol–water partition coefficient (Wildman–Crippen LogP) is 5.37. The third kappa shape index (κ3) is 2.06. The van der Waals surface area contributed by atoms with Gasteiger partial charge in [-0.3, -0.25) is 0 Å². The number of aromatic hydroxyl groups is 1. The van der Waals surface area contributed by atoms with Crippen molar-refractivity contribution in [3.63, 3.8) is 0 Å². The summed E-state index contributed by atoms with van der Waals surface area (Å²) in [5.74, 6) is -1.40. The van der Waals surface area contributed by atoms with Crippen molar-refractivity contribution in [2.75, 3.05) is 0 Å². The number of rotatable bonds is 0. The van der Waals surface area contributed by atoms with Crippen molar-refractivity contribution in [2.24, 2.45) is 0 Å². The molecule has 0 saturated carbocycles. The zero-order valence-corrected chi connectivity index (χ0v) is 11.7. The molecular weight excluding hydrogens is 266 g/mol. The van der Waals surface area contributed by atoms with E-state index >= 15 is 0 Å². The molecule has 0 atom stereocenters. The Hall–Kier alpha value is -1.68. The first-order valence-corrected chi connectivity index (χ1v) is 6.90. The van der Waals surface area contributed by atoms with E-state index in [-0.39, 0.29) is 5.82 Å². The largest absolute Gasteiger partial charge is 0.505 e. The molecule has 100 valence electrons. The third-order valence-electron chi connectivity index (χ3n) is 2.86. The van der Waals surface area contributed by atoms with E-state index in [4.69, 9.17) is 0 Å². The Labute approximate surface area is 114 Å². The van der Waals surface area contributed by atoms with E-state index in [1.807, 2.05) is 13.8 Å². The Kier molecular flexibility index (Phi) is 3.71. The second-order valence-electron chi connectivity index (χ2n) is 3.95. The highest BCUT2D eigenvalue weighted by molar-refractivity contribution is 7.25. The number of phenols is 1. The maximum Gasteiger partial charge on any atom is 0.182 e. The number of aryl methyl sites for hydroxylation is 1. The SMILES string of the molecule is CC.Cc1ccc2c(sc3c(F)c(O)ccc32)c1F. The van der Waals surface area contributed by atoms with Crippen LogP contribution in [-0.2, 0) is 0 Å². The summed E-state index contributed by atoms with van der Waals surface area (Å²) in [6.45, 7) is 5.67. The molecule has 0 aliphatic rings. The van der Waals surface area contributed by atoms with Crippen LogP contribution in [0, 0.1) is 18.6 Å². The molecule has 0 unspecified atom stereocenters. The van der Waals surface area contributed by atoms with Gasteiger partial charge in [0.25, 0.3) is 0 Å². The molecule has 1 heterocycles. The average Bonchev–Trinajstić information content (AvgIpc) is 2.81. The predicted molar refractivity (Wildman–Crippen MR) is 77.0 cm³/mol. The fraction of sp³-hybridized carbons (Fsp3) is 0.200. The van der Waals surface area contributed by atoms with Gasteiger partial charge in [-0.05, 0) is 24.6 Å². The van der Waals surface area contributed by atoms with Crippen molar-refractivity contribution in [1.82, 2.24) is 0 Å². The van der Waals surface area contributed by atoms with Crippen molar-refractivity contribution < 1.29 is 13.9 Å². The van der Waals surface area contributed by atoms with Crippen LogP contribution in [0.25, 0.3) is 20.2 Å². The quantitative estimate of drug-likeness (QED) is 0.586. The standard InChI is InChI=1S/C13H8F2OS.C2H6/c1-6-2-3-7-8-4-5-9(16)11(15)13(8)17-12(7)10(6)14;1-2/h2-5,16H,1H3;1-2H3. The number of halogens is 2. The maximum atomic E-state index is 13.9. The second-order valence-corrected chi connectivity index (χ2v) is 4.97. The molecular formula is C15H14F2OS. The Morgan fingerprint density at radius 2 is 1.42 bits per heavy atom. The second kappa shape index (κ2) is 5.13. The Bertz CT molecular complexity index is 685. The topological polar surface area (TPSA) is 20.2 Å². The molecule has 0 aliphatic carbocycles. The molecule has 1 N–H and O–H groups in total. The molecule has 0 amide bonds. The first-order valence-electron chi connectivity index (χ1n) is 6.08. The summed E-state index contributed by atoms with van der Waals surface area (Å²) < 4.78 is 28.3. The van der Waals surface area contributed by atoms with Crippen molar-refractivity contribution in [2.45, 2.75) is 20.8 Å². The van der Waals surface area contributed by atoms with E-state index in [1.165, 1.54) is 6.07 Å². The monoisotopic (exact) mass is 280 g/mol. The molecule has 1 aromatic heterocycles. The maximum absolute atomic E-state index is 13.9. The fourth-order valence-corrected chi connectivity index (χ4v) is 3.15. The number of thiophene rings is 1. The lowest BCUT2D eigenvalue weighted by Gasteiger charge is -1.97. The van der Waals surface area contributed by atoms with Gasteiger partial charge in [0.2, 0.25) is 0 Å². The van der Waals surface area contributed by atoms with Crippen molar-refractivity contribution in [3.05, 3.63) is 41.5 Å². The first kappa shape index (κ1) is 13.7. The Balaban J connectivity index is 0.000000637. The molecule has 0 fully saturated rings. The van der Waals surface area contributed by atoms with Gasteiger partial charge in [0, 0.05) is 10.8 Å². The van der Waals surface area contributed by atoms with E-state index in [0.717, 1.165) is 11.3 Å². The molecule has 0 saturated heterocycles. The molecule has 0 aliphatic heterocycles. The summed E-state index contributed by atoms with van der Waals surface area (Å²) >= 11 is 1.03. The summed E-state index contributed by atoms with van der Waals surface area (Å²) in [6, 6.07) is 6.36. The smallest absolute Gasteiger partial charge is 0.182 e. The molecule has 2 aromatic carbocycles. The third-order valence-corrected chi connectivity index (χ3v) is 4.07. The van der Waals surface area contributed by atoms with Crippen LogP contribution in [0.3, 0.4) is 0 Å². The minimum absolute atomic E-state index is 0.296. The number of fused-ring (bicyclic) bond motifs is 3. The number of hydrogen-bond acceptors (Lipinski definition) is 2. The minimum Gasteiger partial charge on any atom is -0.505 e. The Morgan fingerprint density at radius 1 is 0.895 bits per heavy atom. The van der Waals surface area contributed by atoms with Gasteiger partial charge in [0.05, 0.1) is 9.40 Å². The van der Waals surface area contributed by atoms with Crippen molar-refractivity contribution >= 4 is 31.5 Å². The fourth-order valence-electron chi connectivity index (χ4n) is 1.93. The van der Waals surface area contributed by atoms with E-state index in [9.17, 15) is 13.9 Å². The number of phenolic OH excluding ortho intramolecular Hbond substituents is 1. The average molecular weight is 280 g/mol. The van der Waals surface area contributed by atoms with Gasteiger partial charge in [-0.2, -0.15) is 0 Å². The van der Waals surface area contributed by atoms with Crippen LogP contribution in [0.4, 0.5) is 8.78 Å². The summed E-state index contributed by atoms with van der Waals surface area (Å²) in [7, 11) is 0. The van der Waals surface area contributed by atoms with E-state index < -0.39 is 11.6 Å². The molecule has 19 heavy (non-hydrogen) atoms. The lowest BCUT2D eigenvalue weighted by atomic mass is 10.1. The van der Waals surface area contributed by atoms with Crippen molar-refractivity contribution in [3.8, 4) is 5.75 Å². The molecule has 0 radical (unpaired) electrons. The summed E-state index contributed by atoms with van der Waals surface area (Å²) in [5, 5.41) is 10.6. The summed E-state index contributed by atoms with van der Waals surface area (Å²) in [5.41, 5.74) is 0.536. The minimum atomic E-state index is -0.680. The van der Waals surface area contributed by atoms with Crippen LogP contribution >= 0.6 is 11.3 Å². The highest BCUT2D eigenvalue weighted by atomic mass is 32.1. The number of hydrogen-bond donors (Lipinski definition) is 1. The normalized spacial score (nSPS) is 10.6. The summed E-state index contributed by atoms with van der Waals surface area (Å²) in [4.78, 5) is 0. The van der Waals surface area contributed by atoms with Gasteiger partial charge >= 0.3 is 0 Å². The van der Waals surface area contributed by atoms with Crippen LogP contribution in [0.2, 0.25) is 0 Å². The summed E-state index contributed by atoms with van der Waals surface area (Å²) in [6.07, 6.45) is 0. The molecule has 4 heteroatoms. The lowest BCUT2D eigenvalue weighted by Crippen LogP contribution is -1.80. The lowest BCUT2D eigenvalue weighted by molar-refractivity contribution is 0.436. The van der Waals surface area contributed by atoms with E-state index in [0.29, 0.717) is 25.7 Å². The Morgan fingerprint density at radius 3 is 2.05 bits per heavy atom. The zero-order chi connectivity index (χ0) is 14.2. The van der Waals surface area contributed by atoms with E-state index in [2.05, 4.69) is 0 Å². The van der Waals surface area contributed by atoms with Gasteiger partial charge in [-0.1, -0.05) is 26.0 Å². The molecule has 0 bridgehead atoms. The highest BCUT2D eigenvalue weighted by Gasteiger charge is 2.15. The van der Waals surface area contributed by atoms with Crippen LogP contribution in [0.1, 0.15) is 19.4 Å². The molecule has 3 aromatic rings. The van der Waals surface area contributed by atoms with Gasteiger partial charge in [0.15, 0.2) is 11.6 Å². The van der Waals surface area contributed by atoms with Gasteiger partial charge in [-0.25, -0.2) is 8.78 Å². The zero-order valence-electron chi connectivity index (χ0n) is 10.9. The molecule has 1 nitrogen and oxygen atoms in total. The van der Waals surface area contributed by atoms with Crippen LogP contribution in [-0.4, -0.2) is 5.11 Å². The molecule has 3 rings (SSSR count). The first-order chi connectivity index (χ1) is 9.09. The molecule has 0 spiro atoms. The number of benzene rings is 2. The van der Waals surface area contributed by atoms with Crippen LogP contribution in [0.5, 0.6) is 5.75 Å². The van der Waals surface area contributed by atoms with Gasteiger partial charge < -0.3 is 5.11 Å². The highest BCUT2D eigenvalue weighted by Crippen LogP contribution is 2.39. The van der Waals surface area contributed by atoms with Crippen molar-refractivity contribution in [1.29, 1.82) is 0 Å². The van der Waals surface area contributed by atoms with Crippen LogP contribution < -0.4 is 0 Å². The van der Waals surface area contributed by atoms with Gasteiger partial charge in [0.1, 0.15) is 5.82 Å². The van der Waals surface area contributed by atoms with Crippen LogP contribution in [0.15, 0.2) is 24.3 Å². The van der Waals surface area contributed by atoms with Gasteiger partial charge in [-0.15, -0.1) is 11.3 Å². The van der Waals surface area contributed by atoms with E-state index in [1.54, 1.807) is 25.1 Å².